The number of Topliss-reactive ketones (excluding diaryl/α,β-unsaturated/α-hetero) is 1. The van der Waals surface area contributed by atoms with Crippen molar-refractivity contribution in [3.05, 3.63) is 0 Å². The first kappa shape index (κ1) is 12.2. The largest absolute Gasteiger partial charge is 0.373 e. The van der Waals surface area contributed by atoms with E-state index in [9.17, 15) is 9.59 Å². The van der Waals surface area contributed by atoms with Crippen molar-refractivity contribution in [1.82, 2.24) is 4.90 Å². The first-order valence-corrected chi connectivity index (χ1v) is 7.13. The van der Waals surface area contributed by atoms with E-state index in [1.807, 2.05) is 4.90 Å². The van der Waals surface area contributed by atoms with Crippen LogP contribution in [0.25, 0.3) is 0 Å². The van der Waals surface area contributed by atoms with Crippen molar-refractivity contribution in [3.8, 4) is 0 Å². The molecule has 3 aliphatic heterocycles. The molecule has 0 radical (unpaired) electrons. The van der Waals surface area contributed by atoms with Crippen LogP contribution in [0.4, 0.5) is 0 Å². The molecule has 2 unspecified atom stereocenters. The number of ketones is 1. The van der Waals surface area contributed by atoms with Gasteiger partial charge in [-0.3, -0.25) is 9.59 Å². The average Bonchev–Trinajstić information content (AvgIpc) is 2.99. The fourth-order valence-electron chi connectivity index (χ4n) is 3.83. The smallest absolute Gasteiger partial charge is 0.229 e. The predicted molar refractivity (Wildman–Crippen MR) is 66.0 cm³/mol. The van der Waals surface area contributed by atoms with E-state index >= 15 is 0 Å². The van der Waals surface area contributed by atoms with Gasteiger partial charge in [-0.05, 0) is 39.0 Å². The maximum atomic E-state index is 12.6. The van der Waals surface area contributed by atoms with Crippen LogP contribution in [0.2, 0.25) is 0 Å². The van der Waals surface area contributed by atoms with Gasteiger partial charge in [-0.15, -0.1) is 0 Å². The molecule has 1 amide bonds. The van der Waals surface area contributed by atoms with E-state index in [4.69, 9.17) is 4.74 Å². The van der Waals surface area contributed by atoms with E-state index in [0.717, 1.165) is 38.8 Å². The topological polar surface area (TPSA) is 46.6 Å². The number of fused-ring (bicyclic) bond motifs is 2. The van der Waals surface area contributed by atoms with Gasteiger partial charge >= 0.3 is 0 Å². The van der Waals surface area contributed by atoms with Gasteiger partial charge in [0.2, 0.25) is 5.91 Å². The number of nitrogens with zero attached hydrogens (tertiary/aromatic N) is 1. The van der Waals surface area contributed by atoms with Crippen molar-refractivity contribution in [3.63, 3.8) is 0 Å². The number of piperidine rings is 1. The Morgan fingerprint density at radius 2 is 1.61 bits per heavy atom. The highest BCUT2D eigenvalue weighted by atomic mass is 16.5. The standard InChI is InChI=1S/C14H21NO3/c1-9(16)12-10-5-6-11(18-10)13(12)14(17)15-7-3-2-4-8-15/h10-13H,2-8H2,1H3/t10-,11+,12?,13?/m0/s1. The third-order valence-electron chi connectivity index (χ3n) is 4.70. The van der Waals surface area contributed by atoms with Crippen molar-refractivity contribution >= 4 is 11.7 Å². The number of rotatable bonds is 2. The summed E-state index contributed by atoms with van der Waals surface area (Å²) in [5.74, 6) is -0.0859. The fourth-order valence-corrected chi connectivity index (χ4v) is 3.83. The highest BCUT2D eigenvalue weighted by Gasteiger charge is 2.54. The molecule has 3 saturated heterocycles. The predicted octanol–water partition coefficient (Wildman–Crippen LogP) is 1.38. The quantitative estimate of drug-likeness (QED) is 0.745. The summed E-state index contributed by atoms with van der Waals surface area (Å²) in [6, 6.07) is 0. The summed E-state index contributed by atoms with van der Waals surface area (Å²) < 4.78 is 5.80. The molecule has 4 heteroatoms. The fraction of sp³-hybridized carbons (Fsp3) is 0.857. The molecule has 3 aliphatic rings. The van der Waals surface area contributed by atoms with Crippen molar-refractivity contribution in [2.45, 2.75) is 51.2 Å². The lowest BCUT2D eigenvalue weighted by Gasteiger charge is -2.33. The molecule has 100 valence electrons. The Kier molecular flexibility index (Phi) is 3.14. The van der Waals surface area contributed by atoms with Gasteiger partial charge in [-0.1, -0.05) is 0 Å². The summed E-state index contributed by atoms with van der Waals surface area (Å²) in [5, 5.41) is 0. The Bertz CT molecular complexity index is 362. The molecule has 3 fully saturated rings. The lowest BCUT2D eigenvalue weighted by Crippen LogP contribution is -2.47. The lowest BCUT2D eigenvalue weighted by molar-refractivity contribution is -0.142. The number of hydrogen-bond donors (Lipinski definition) is 0. The third-order valence-corrected chi connectivity index (χ3v) is 4.70. The van der Waals surface area contributed by atoms with E-state index in [0.29, 0.717) is 0 Å². The molecule has 0 N–H and O–H groups in total. The van der Waals surface area contributed by atoms with Gasteiger partial charge in [0.05, 0.1) is 24.0 Å². The molecule has 3 rings (SSSR count). The molecule has 3 heterocycles. The van der Waals surface area contributed by atoms with E-state index in [-0.39, 0.29) is 35.7 Å². The Morgan fingerprint density at radius 3 is 2.22 bits per heavy atom. The van der Waals surface area contributed by atoms with Crippen LogP contribution in [0.3, 0.4) is 0 Å². The van der Waals surface area contributed by atoms with Gasteiger partial charge in [0.1, 0.15) is 5.78 Å². The lowest BCUT2D eigenvalue weighted by atomic mass is 9.76. The molecule has 0 aromatic heterocycles. The third kappa shape index (κ3) is 1.87. The summed E-state index contributed by atoms with van der Waals surface area (Å²) in [4.78, 5) is 26.3. The Hall–Kier alpha value is -0.900. The molecular weight excluding hydrogens is 230 g/mol. The summed E-state index contributed by atoms with van der Waals surface area (Å²) in [6.07, 6.45) is 5.30. The zero-order chi connectivity index (χ0) is 12.7. The Labute approximate surface area is 108 Å². The first-order chi connectivity index (χ1) is 8.68. The second kappa shape index (κ2) is 4.65. The Balaban J connectivity index is 1.77. The van der Waals surface area contributed by atoms with Gasteiger partial charge in [0, 0.05) is 13.1 Å². The van der Waals surface area contributed by atoms with Crippen molar-refractivity contribution in [2.75, 3.05) is 13.1 Å². The minimum Gasteiger partial charge on any atom is -0.373 e. The molecule has 0 saturated carbocycles. The zero-order valence-corrected chi connectivity index (χ0v) is 10.9. The molecule has 18 heavy (non-hydrogen) atoms. The number of amides is 1. The maximum Gasteiger partial charge on any atom is 0.229 e. The van der Waals surface area contributed by atoms with Gasteiger partial charge < -0.3 is 9.64 Å². The van der Waals surface area contributed by atoms with Crippen LogP contribution in [-0.2, 0) is 14.3 Å². The molecular formula is C14H21NO3. The maximum absolute atomic E-state index is 12.6. The minimum absolute atomic E-state index is 0.00155. The van der Waals surface area contributed by atoms with Crippen molar-refractivity contribution in [1.29, 1.82) is 0 Å². The molecule has 0 spiro atoms. The number of hydrogen-bond acceptors (Lipinski definition) is 3. The highest BCUT2D eigenvalue weighted by molar-refractivity contribution is 5.89. The van der Waals surface area contributed by atoms with Gasteiger partial charge in [-0.25, -0.2) is 0 Å². The van der Waals surface area contributed by atoms with Crippen LogP contribution in [0, 0.1) is 11.8 Å². The van der Waals surface area contributed by atoms with Crippen LogP contribution in [0.15, 0.2) is 0 Å². The summed E-state index contributed by atoms with van der Waals surface area (Å²) in [7, 11) is 0. The van der Waals surface area contributed by atoms with E-state index < -0.39 is 0 Å². The summed E-state index contributed by atoms with van der Waals surface area (Å²) >= 11 is 0. The van der Waals surface area contributed by atoms with E-state index in [2.05, 4.69) is 0 Å². The molecule has 2 bridgehead atoms. The summed E-state index contributed by atoms with van der Waals surface area (Å²) in [6.45, 7) is 3.32. The Morgan fingerprint density at radius 1 is 1.00 bits per heavy atom. The summed E-state index contributed by atoms with van der Waals surface area (Å²) in [5.41, 5.74) is 0. The van der Waals surface area contributed by atoms with Crippen LogP contribution in [0.1, 0.15) is 39.0 Å². The number of carbonyl (C=O) groups excluding carboxylic acids is 2. The van der Waals surface area contributed by atoms with Crippen LogP contribution >= 0.6 is 0 Å². The average molecular weight is 251 g/mol. The van der Waals surface area contributed by atoms with Gasteiger partial charge in [-0.2, -0.15) is 0 Å². The van der Waals surface area contributed by atoms with Gasteiger partial charge in [0.15, 0.2) is 0 Å². The monoisotopic (exact) mass is 251 g/mol. The highest BCUT2D eigenvalue weighted by Crippen LogP contribution is 2.44. The van der Waals surface area contributed by atoms with Crippen LogP contribution < -0.4 is 0 Å². The molecule has 0 aliphatic carbocycles. The van der Waals surface area contributed by atoms with Gasteiger partial charge in [0.25, 0.3) is 0 Å². The molecule has 4 atom stereocenters. The van der Waals surface area contributed by atoms with E-state index in [1.54, 1.807) is 6.92 Å². The molecule has 0 aromatic carbocycles. The minimum atomic E-state index is -0.195. The van der Waals surface area contributed by atoms with E-state index in [1.165, 1.54) is 6.42 Å². The number of carbonyl (C=O) groups is 2. The second-order valence-electron chi connectivity index (χ2n) is 5.84. The number of likely N-dealkylation sites (tertiary alicyclic amines) is 1. The number of ether oxygens (including phenoxy) is 1. The second-order valence-corrected chi connectivity index (χ2v) is 5.84. The normalized spacial score (nSPS) is 39.1. The van der Waals surface area contributed by atoms with Crippen LogP contribution in [0.5, 0.6) is 0 Å². The molecule has 0 aromatic rings. The van der Waals surface area contributed by atoms with Crippen molar-refractivity contribution < 1.29 is 14.3 Å². The van der Waals surface area contributed by atoms with Crippen LogP contribution in [-0.4, -0.2) is 41.9 Å². The molecule has 4 nitrogen and oxygen atoms in total. The van der Waals surface area contributed by atoms with Crippen molar-refractivity contribution in [2.24, 2.45) is 11.8 Å². The first-order valence-electron chi connectivity index (χ1n) is 7.13. The zero-order valence-electron chi connectivity index (χ0n) is 10.9. The SMILES string of the molecule is CC(=O)C1C(C(=O)N2CCCCC2)[C@H]2CC[C@@H]1O2.